The molecular formula is C20H30N4O7. The van der Waals surface area contributed by atoms with Gasteiger partial charge in [0.2, 0.25) is 17.7 Å². The molecule has 1 aromatic rings. The van der Waals surface area contributed by atoms with Crippen LogP contribution in [0, 0.1) is 5.92 Å². The van der Waals surface area contributed by atoms with Gasteiger partial charge in [0.1, 0.15) is 17.8 Å². The fourth-order valence-corrected chi connectivity index (χ4v) is 2.69. The number of carbonyl (C=O) groups excluding carboxylic acids is 3. The normalized spacial score (nSPS) is 13.7. The monoisotopic (exact) mass is 438 g/mol. The first kappa shape index (κ1) is 25.9. The molecule has 1 aromatic carbocycles. The summed E-state index contributed by atoms with van der Waals surface area (Å²) in [6, 6.07) is 2.67. The zero-order valence-corrected chi connectivity index (χ0v) is 17.5. The van der Waals surface area contributed by atoms with Crippen molar-refractivity contribution in [1.82, 2.24) is 16.0 Å². The molecule has 0 spiro atoms. The lowest BCUT2D eigenvalue weighted by Gasteiger charge is -2.22. The number of carboxylic acids is 1. The van der Waals surface area contributed by atoms with Crippen LogP contribution in [0.2, 0.25) is 0 Å². The van der Waals surface area contributed by atoms with Gasteiger partial charge in [-0.05, 0) is 30.0 Å². The molecule has 0 aromatic heterocycles. The van der Waals surface area contributed by atoms with Gasteiger partial charge in [-0.2, -0.15) is 0 Å². The highest BCUT2D eigenvalue weighted by Crippen LogP contribution is 2.12. The maximum absolute atomic E-state index is 12.6. The van der Waals surface area contributed by atoms with E-state index in [2.05, 4.69) is 16.0 Å². The van der Waals surface area contributed by atoms with Crippen molar-refractivity contribution < 1.29 is 34.5 Å². The highest BCUT2D eigenvalue weighted by Gasteiger charge is 2.25. The number of aliphatic hydroxyl groups excluding tert-OH is 1. The van der Waals surface area contributed by atoms with E-state index in [-0.39, 0.29) is 18.1 Å². The van der Waals surface area contributed by atoms with Crippen molar-refractivity contribution in [2.45, 2.75) is 44.8 Å². The predicted octanol–water partition coefficient (Wildman–Crippen LogP) is -1.53. The lowest BCUT2D eigenvalue weighted by molar-refractivity contribution is -0.142. The molecule has 172 valence electrons. The van der Waals surface area contributed by atoms with Crippen LogP contribution in [-0.4, -0.2) is 70.3 Å². The van der Waals surface area contributed by atoms with E-state index in [1.54, 1.807) is 12.1 Å². The fraction of sp³-hybridized carbons (Fsp3) is 0.500. The summed E-state index contributed by atoms with van der Waals surface area (Å²) in [4.78, 5) is 47.8. The number of benzene rings is 1. The van der Waals surface area contributed by atoms with Gasteiger partial charge >= 0.3 is 5.97 Å². The quantitative estimate of drug-likeness (QED) is 0.204. The molecule has 0 bridgehead atoms. The van der Waals surface area contributed by atoms with Crippen molar-refractivity contribution in [1.29, 1.82) is 0 Å². The Morgan fingerprint density at radius 2 is 1.61 bits per heavy atom. The molecule has 1 rings (SSSR count). The van der Waals surface area contributed by atoms with Crippen LogP contribution in [0.15, 0.2) is 24.3 Å². The van der Waals surface area contributed by atoms with Crippen molar-refractivity contribution in [3.05, 3.63) is 29.8 Å². The summed E-state index contributed by atoms with van der Waals surface area (Å²) in [6.45, 7) is 2.46. The molecule has 0 aliphatic rings. The predicted molar refractivity (Wildman–Crippen MR) is 111 cm³/mol. The molecule has 0 saturated heterocycles. The van der Waals surface area contributed by atoms with Gasteiger partial charge in [-0.3, -0.25) is 14.4 Å². The Bertz CT molecular complexity index is 767. The summed E-state index contributed by atoms with van der Waals surface area (Å²) in [5.41, 5.74) is 6.53. The average Bonchev–Trinajstić information content (AvgIpc) is 2.70. The van der Waals surface area contributed by atoms with Gasteiger partial charge in [-0.1, -0.05) is 26.0 Å². The van der Waals surface area contributed by atoms with Crippen molar-refractivity contribution in [3.63, 3.8) is 0 Å². The number of aromatic hydroxyl groups is 1. The van der Waals surface area contributed by atoms with Crippen molar-refractivity contribution in [2.75, 3.05) is 13.2 Å². The van der Waals surface area contributed by atoms with E-state index in [0.29, 0.717) is 12.0 Å². The summed E-state index contributed by atoms with van der Waals surface area (Å²) in [5, 5.41) is 34.2. The molecule has 0 saturated carbocycles. The highest BCUT2D eigenvalue weighted by atomic mass is 16.4. The molecule has 3 unspecified atom stereocenters. The van der Waals surface area contributed by atoms with Gasteiger partial charge in [0.25, 0.3) is 0 Å². The largest absolute Gasteiger partial charge is 0.508 e. The van der Waals surface area contributed by atoms with Crippen LogP contribution < -0.4 is 21.7 Å². The maximum Gasteiger partial charge on any atom is 0.328 e. The number of phenolic OH excluding ortho intramolecular Hbond substituents is 1. The van der Waals surface area contributed by atoms with E-state index in [1.807, 2.05) is 13.8 Å². The number of phenols is 1. The Morgan fingerprint density at radius 3 is 2.13 bits per heavy atom. The number of aliphatic carboxylic acids is 1. The number of nitrogens with two attached hydrogens (primary N) is 1. The second-order valence-electron chi connectivity index (χ2n) is 7.53. The number of rotatable bonds is 12. The minimum Gasteiger partial charge on any atom is -0.508 e. The molecule has 0 radical (unpaired) electrons. The fourth-order valence-electron chi connectivity index (χ4n) is 2.69. The third-order valence-corrected chi connectivity index (χ3v) is 4.31. The lowest BCUT2D eigenvalue weighted by atomic mass is 10.0. The van der Waals surface area contributed by atoms with Gasteiger partial charge in [0.05, 0.1) is 19.2 Å². The highest BCUT2D eigenvalue weighted by molar-refractivity contribution is 5.92. The Balaban J connectivity index is 2.82. The molecule has 0 aliphatic carbocycles. The molecule has 11 heteroatoms. The van der Waals surface area contributed by atoms with Crippen molar-refractivity contribution in [3.8, 4) is 5.75 Å². The molecule has 3 amide bonds. The lowest BCUT2D eigenvalue weighted by Crippen LogP contribution is -2.54. The van der Waals surface area contributed by atoms with Crippen molar-refractivity contribution >= 4 is 23.7 Å². The van der Waals surface area contributed by atoms with E-state index < -0.39 is 55.0 Å². The van der Waals surface area contributed by atoms with Gasteiger partial charge in [-0.15, -0.1) is 0 Å². The molecule has 0 aliphatic heterocycles. The van der Waals surface area contributed by atoms with E-state index in [0.717, 1.165) is 0 Å². The first-order valence-corrected chi connectivity index (χ1v) is 9.78. The van der Waals surface area contributed by atoms with Crippen LogP contribution in [0.25, 0.3) is 0 Å². The number of hydrogen-bond donors (Lipinski definition) is 7. The van der Waals surface area contributed by atoms with Gasteiger partial charge in [0, 0.05) is 6.42 Å². The Morgan fingerprint density at radius 1 is 1.00 bits per heavy atom. The number of nitrogens with one attached hydrogen (secondary N) is 3. The van der Waals surface area contributed by atoms with Crippen LogP contribution in [0.4, 0.5) is 0 Å². The van der Waals surface area contributed by atoms with E-state index in [9.17, 15) is 24.3 Å². The Labute approximate surface area is 180 Å². The average molecular weight is 438 g/mol. The Kier molecular flexibility index (Phi) is 10.4. The summed E-state index contributed by atoms with van der Waals surface area (Å²) >= 11 is 0. The third-order valence-electron chi connectivity index (χ3n) is 4.31. The van der Waals surface area contributed by atoms with Crippen LogP contribution in [0.3, 0.4) is 0 Å². The number of carbonyl (C=O) groups is 4. The zero-order chi connectivity index (χ0) is 23.6. The second-order valence-corrected chi connectivity index (χ2v) is 7.53. The summed E-state index contributed by atoms with van der Waals surface area (Å²) in [7, 11) is 0. The van der Waals surface area contributed by atoms with Crippen LogP contribution in [0.5, 0.6) is 5.75 Å². The molecule has 0 fully saturated rings. The Hall–Kier alpha value is -3.18. The molecule has 31 heavy (non-hydrogen) atoms. The topological polar surface area (TPSA) is 191 Å². The van der Waals surface area contributed by atoms with Crippen molar-refractivity contribution in [2.24, 2.45) is 11.7 Å². The standard InChI is InChI=1S/C20H30N4O7/c1-11(2)7-14(21)18(28)24-15(8-12-3-5-13(26)6-4-12)19(29)22-9-17(27)23-16(10-25)20(30)31/h3-6,11,14-16,25-26H,7-10,21H2,1-2H3,(H,22,29)(H,23,27)(H,24,28)(H,30,31). The third kappa shape index (κ3) is 9.45. The smallest absolute Gasteiger partial charge is 0.328 e. The number of amides is 3. The molecule has 8 N–H and O–H groups in total. The van der Waals surface area contributed by atoms with Crippen LogP contribution in [0.1, 0.15) is 25.8 Å². The van der Waals surface area contributed by atoms with E-state index >= 15 is 0 Å². The SMILES string of the molecule is CC(C)CC(N)C(=O)NC(Cc1ccc(O)cc1)C(=O)NCC(=O)NC(CO)C(=O)O. The maximum atomic E-state index is 12.6. The molecular weight excluding hydrogens is 408 g/mol. The number of carboxylic acid groups (broad SMARTS) is 1. The van der Waals surface area contributed by atoms with Crippen LogP contribution >= 0.6 is 0 Å². The molecule has 11 nitrogen and oxygen atoms in total. The van der Waals surface area contributed by atoms with Crippen LogP contribution in [-0.2, 0) is 25.6 Å². The second kappa shape index (κ2) is 12.5. The first-order chi connectivity index (χ1) is 14.5. The summed E-state index contributed by atoms with van der Waals surface area (Å²) in [5.74, 6) is -3.23. The molecule has 3 atom stereocenters. The first-order valence-electron chi connectivity index (χ1n) is 9.78. The summed E-state index contributed by atoms with van der Waals surface area (Å²) in [6.07, 6.45) is 0.488. The van der Waals surface area contributed by atoms with Gasteiger partial charge in [0.15, 0.2) is 0 Å². The number of aliphatic hydroxyl groups is 1. The van der Waals surface area contributed by atoms with E-state index in [4.69, 9.17) is 15.9 Å². The van der Waals surface area contributed by atoms with Gasteiger partial charge < -0.3 is 37.0 Å². The minimum atomic E-state index is -1.49. The van der Waals surface area contributed by atoms with E-state index in [1.165, 1.54) is 12.1 Å². The molecule has 0 heterocycles. The minimum absolute atomic E-state index is 0.0429. The zero-order valence-electron chi connectivity index (χ0n) is 17.5. The van der Waals surface area contributed by atoms with Gasteiger partial charge in [-0.25, -0.2) is 4.79 Å². The number of hydrogen-bond acceptors (Lipinski definition) is 7. The summed E-state index contributed by atoms with van der Waals surface area (Å²) < 4.78 is 0.